The number of hydrogen-bond acceptors (Lipinski definition) is 3. The fraction of sp³-hybridized carbons (Fsp3) is 0.0909. The number of rotatable bonds is 4. The highest BCUT2D eigenvalue weighted by Gasteiger charge is 2.36. The molecule has 0 spiro atoms. The molecule has 0 atom stereocenters. The Hall–Kier alpha value is -3.40. The van der Waals surface area contributed by atoms with E-state index in [1.807, 2.05) is 54.6 Å². The first-order valence-corrected chi connectivity index (χ1v) is 8.52. The molecule has 0 bridgehead atoms. The van der Waals surface area contributed by atoms with Crippen LogP contribution in [0.25, 0.3) is 0 Å². The van der Waals surface area contributed by atoms with E-state index in [0.29, 0.717) is 28.3 Å². The number of nitrogens with zero attached hydrogens (tertiary/aromatic N) is 1. The lowest BCUT2D eigenvalue weighted by molar-refractivity contribution is 0.0926. The van der Waals surface area contributed by atoms with Gasteiger partial charge < -0.3 is 4.74 Å². The zero-order valence-electron chi connectivity index (χ0n) is 14.3. The SMILES string of the molecule is CCc1ccc(N2C(=O)c3ccc(Oc4ccccc4)cc3C2=O)cc1. The molecule has 4 heteroatoms. The summed E-state index contributed by atoms with van der Waals surface area (Å²) >= 11 is 0. The average molecular weight is 343 g/mol. The lowest BCUT2D eigenvalue weighted by Gasteiger charge is -2.14. The minimum Gasteiger partial charge on any atom is -0.457 e. The van der Waals surface area contributed by atoms with E-state index in [-0.39, 0.29) is 11.8 Å². The van der Waals surface area contributed by atoms with Gasteiger partial charge in [0.25, 0.3) is 11.8 Å². The third kappa shape index (κ3) is 2.75. The van der Waals surface area contributed by atoms with Crippen LogP contribution in [0.1, 0.15) is 33.2 Å². The standard InChI is InChI=1S/C22H17NO3/c1-2-15-8-10-16(11-9-15)23-21(24)19-13-12-18(14-20(19)22(23)25)26-17-6-4-3-5-7-17/h3-14H,2H2,1H3. The van der Waals surface area contributed by atoms with Gasteiger partial charge in [0, 0.05) is 0 Å². The fourth-order valence-electron chi connectivity index (χ4n) is 3.02. The maximum absolute atomic E-state index is 12.8. The van der Waals surface area contributed by atoms with Crippen molar-refractivity contribution in [1.82, 2.24) is 0 Å². The number of carbonyl (C=O) groups excluding carboxylic acids is 2. The highest BCUT2D eigenvalue weighted by molar-refractivity contribution is 6.34. The van der Waals surface area contributed by atoms with E-state index >= 15 is 0 Å². The molecule has 26 heavy (non-hydrogen) atoms. The summed E-state index contributed by atoms with van der Waals surface area (Å²) in [5.41, 5.74) is 2.50. The van der Waals surface area contributed by atoms with Crippen LogP contribution in [-0.2, 0) is 6.42 Å². The summed E-state index contributed by atoms with van der Waals surface area (Å²) in [4.78, 5) is 26.7. The molecule has 0 saturated heterocycles. The van der Waals surface area contributed by atoms with Crippen molar-refractivity contribution in [2.24, 2.45) is 0 Å². The number of imide groups is 1. The van der Waals surface area contributed by atoms with Gasteiger partial charge in [0.15, 0.2) is 0 Å². The fourth-order valence-corrected chi connectivity index (χ4v) is 3.02. The number of carbonyl (C=O) groups is 2. The van der Waals surface area contributed by atoms with Crippen LogP contribution in [0, 0.1) is 0 Å². The molecular weight excluding hydrogens is 326 g/mol. The highest BCUT2D eigenvalue weighted by Crippen LogP contribution is 2.32. The number of ether oxygens (including phenoxy) is 1. The van der Waals surface area contributed by atoms with Crippen molar-refractivity contribution >= 4 is 17.5 Å². The molecular formula is C22H17NO3. The van der Waals surface area contributed by atoms with Crippen LogP contribution in [0.15, 0.2) is 72.8 Å². The largest absolute Gasteiger partial charge is 0.457 e. The second-order valence-electron chi connectivity index (χ2n) is 6.09. The Morgan fingerprint density at radius 3 is 2.15 bits per heavy atom. The zero-order chi connectivity index (χ0) is 18.1. The lowest BCUT2D eigenvalue weighted by atomic mass is 10.1. The third-order valence-electron chi connectivity index (χ3n) is 4.44. The van der Waals surface area contributed by atoms with Gasteiger partial charge in [-0.05, 0) is 54.4 Å². The molecule has 2 amide bonds. The first kappa shape index (κ1) is 16.1. The van der Waals surface area contributed by atoms with Crippen LogP contribution in [0.2, 0.25) is 0 Å². The number of amides is 2. The minimum atomic E-state index is -0.326. The van der Waals surface area contributed by atoms with E-state index in [4.69, 9.17) is 4.74 Å². The molecule has 4 nitrogen and oxygen atoms in total. The molecule has 1 aliphatic heterocycles. The molecule has 1 heterocycles. The molecule has 0 fully saturated rings. The van der Waals surface area contributed by atoms with E-state index in [9.17, 15) is 9.59 Å². The van der Waals surface area contributed by atoms with Gasteiger partial charge >= 0.3 is 0 Å². The van der Waals surface area contributed by atoms with Crippen molar-refractivity contribution in [1.29, 1.82) is 0 Å². The van der Waals surface area contributed by atoms with Gasteiger partial charge in [-0.2, -0.15) is 0 Å². The number of benzene rings is 3. The first-order valence-electron chi connectivity index (χ1n) is 8.52. The van der Waals surface area contributed by atoms with Gasteiger partial charge in [0.2, 0.25) is 0 Å². The van der Waals surface area contributed by atoms with E-state index in [0.717, 1.165) is 12.0 Å². The van der Waals surface area contributed by atoms with Gasteiger partial charge in [0.05, 0.1) is 16.8 Å². The molecule has 0 N–H and O–H groups in total. The molecule has 3 aromatic carbocycles. The Labute approximate surface area is 151 Å². The molecule has 0 unspecified atom stereocenters. The van der Waals surface area contributed by atoms with Crippen molar-refractivity contribution in [3.8, 4) is 11.5 Å². The summed E-state index contributed by atoms with van der Waals surface area (Å²) in [5.74, 6) is 0.573. The summed E-state index contributed by atoms with van der Waals surface area (Å²) in [6.45, 7) is 2.06. The van der Waals surface area contributed by atoms with E-state index in [1.54, 1.807) is 18.2 Å². The molecule has 4 rings (SSSR count). The Morgan fingerprint density at radius 1 is 0.769 bits per heavy atom. The van der Waals surface area contributed by atoms with Crippen molar-refractivity contribution in [2.45, 2.75) is 13.3 Å². The van der Waals surface area contributed by atoms with Crippen LogP contribution in [-0.4, -0.2) is 11.8 Å². The minimum absolute atomic E-state index is 0.305. The van der Waals surface area contributed by atoms with Gasteiger partial charge in [0.1, 0.15) is 11.5 Å². The Bertz CT molecular complexity index is 978. The second-order valence-corrected chi connectivity index (χ2v) is 6.09. The first-order chi connectivity index (χ1) is 12.7. The molecule has 1 aliphatic rings. The van der Waals surface area contributed by atoms with E-state index in [1.165, 1.54) is 4.90 Å². The van der Waals surface area contributed by atoms with Gasteiger partial charge in [-0.3, -0.25) is 9.59 Å². The molecule has 0 saturated carbocycles. The normalized spacial score (nSPS) is 13.0. The monoisotopic (exact) mass is 343 g/mol. The van der Waals surface area contributed by atoms with Crippen LogP contribution in [0.4, 0.5) is 5.69 Å². The summed E-state index contributed by atoms with van der Waals surface area (Å²) < 4.78 is 5.78. The lowest BCUT2D eigenvalue weighted by Crippen LogP contribution is -2.29. The summed E-state index contributed by atoms with van der Waals surface area (Å²) in [5, 5.41) is 0. The Balaban J connectivity index is 1.65. The topological polar surface area (TPSA) is 46.6 Å². The van der Waals surface area contributed by atoms with Crippen LogP contribution in [0.5, 0.6) is 11.5 Å². The number of aryl methyl sites for hydroxylation is 1. The molecule has 0 aliphatic carbocycles. The van der Waals surface area contributed by atoms with Crippen molar-refractivity contribution in [3.63, 3.8) is 0 Å². The molecule has 3 aromatic rings. The maximum atomic E-state index is 12.8. The Morgan fingerprint density at radius 2 is 1.46 bits per heavy atom. The average Bonchev–Trinajstić information content (AvgIpc) is 2.93. The molecule has 128 valence electrons. The predicted molar refractivity (Wildman–Crippen MR) is 99.9 cm³/mol. The van der Waals surface area contributed by atoms with Gasteiger partial charge in [-0.25, -0.2) is 4.90 Å². The van der Waals surface area contributed by atoms with Crippen LogP contribution < -0.4 is 9.64 Å². The number of fused-ring (bicyclic) bond motifs is 1. The number of para-hydroxylation sites is 1. The Kier molecular flexibility index (Phi) is 4.01. The molecule has 0 radical (unpaired) electrons. The third-order valence-corrected chi connectivity index (χ3v) is 4.44. The quantitative estimate of drug-likeness (QED) is 0.637. The van der Waals surface area contributed by atoms with E-state index < -0.39 is 0 Å². The smallest absolute Gasteiger partial charge is 0.266 e. The van der Waals surface area contributed by atoms with Gasteiger partial charge in [-0.15, -0.1) is 0 Å². The predicted octanol–water partition coefficient (Wildman–Crippen LogP) is 4.84. The van der Waals surface area contributed by atoms with Crippen LogP contribution in [0.3, 0.4) is 0 Å². The van der Waals surface area contributed by atoms with Crippen molar-refractivity contribution < 1.29 is 14.3 Å². The molecule has 0 aromatic heterocycles. The van der Waals surface area contributed by atoms with E-state index in [2.05, 4.69) is 6.92 Å². The second kappa shape index (κ2) is 6.48. The maximum Gasteiger partial charge on any atom is 0.266 e. The number of hydrogen-bond donors (Lipinski definition) is 0. The van der Waals surface area contributed by atoms with Crippen molar-refractivity contribution in [3.05, 3.63) is 89.5 Å². The highest BCUT2D eigenvalue weighted by atomic mass is 16.5. The number of anilines is 1. The zero-order valence-corrected chi connectivity index (χ0v) is 14.3. The summed E-state index contributed by atoms with van der Waals surface area (Å²) in [7, 11) is 0. The van der Waals surface area contributed by atoms with Crippen molar-refractivity contribution in [2.75, 3.05) is 4.90 Å². The van der Waals surface area contributed by atoms with Crippen LogP contribution >= 0.6 is 0 Å². The summed E-state index contributed by atoms with van der Waals surface area (Å²) in [6.07, 6.45) is 0.905. The van der Waals surface area contributed by atoms with Gasteiger partial charge in [-0.1, -0.05) is 37.3 Å². The summed E-state index contributed by atoms with van der Waals surface area (Å²) in [6, 6.07) is 21.8.